The van der Waals surface area contributed by atoms with Crippen molar-refractivity contribution in [1.82, 2.24) is 0 Å². The first kappa shape index (κ1) is 15.4. The summed E-state index contributed by atoms with van der Waals surface area (Å²) < 4.78 is 9.57. The number of benzene rings is 2. The number of hydrogen-bond acceptors (Lipinski definition) is 5. The van der Waals surface area contributed by atoms with Gasteiger partial charge < -0.3 is 19.9 Å². The molecule has 2 aromatic rings. The first-order valence-corrected chi connectivity index (χ1v) is 6.42. The standard InChI is InChI=1S/C16H15NO5/c1-21-12-6-3-10(4-7-12)15(19)17-13-8-5-11(9-14(13)18)16(20)22-2/h3-9,18H,1-2H3,(H,17,19). The summed E-state index contributed by atoms with van der Waals surface area (Å²) in [6.07, 6.45) is 0. The molecule has 0 saturated carbocycles. The van der Waals surface area contributed by atoms with Gasteiger partial charge in [0.1, 0.15) is 11.5 Å². The van der Waals surface area contributed by atoms with E-state index in [4.69, 9.17) is 4.74 Å². The number of methoxy groups -OCH3 is 2. The molecule has 114 valence electrons. The van der Waals surface area contributed by atoms with Gasteiger partial charge in [0.25, 0.3) is 5.91 Å². The second-order valence-corrected chi connectivity index (χ2v) is 4.41. The van der Waals surface area contributed by atoms with Gasteiger partial charge in [0.2, 0.25) is 0 Å². The lowest BCUT2D eigenvalue weighted by Gasteiger charge is -2.09. The van der Waals surface area contributed by atoms with Gasteiger partial charge in [-0.25, -0.2) is 4.79 Å². The van der Waals surface area contributed by atoms with Crippen LogP contribution in [0.2, 0.25) is 0 Å². The van der Waals surface area contributed by atoms with E-state index in [0.29, 0.717) is 11.3 Å². The Balaban J connectivity index is 2.15. The third-order valence-electron chi connectivity index (χ3n) is 3.02. The number of hydrogen-bond donors (Lipinski definition) is 2. The zero-order chi connectivity index (χ0) is 16.1. The predicted octanol–water partition coefficient (Wildman–Crippen LogP) is 2.44. The number of nitrogens with one attached hydrogen (secondary N) is 1. The number of phenols is 1. The molecule has 6 heteroatoms. The van der Waals surface area contributed by atoms with Crippen molar-refractivity contribution in [2.75, 3.05) is 19.5 Å². The summed E-state index contributed by atoms with van der Waals surface area (Å²) >= 11 is 0. The van der Waals surface area contributed by atoms with Crippen molar-refractivity contribution in [3.05, 3.63) is 53.6 Å². The summed E-state index contributed by atoms with van der Waals surface area (Å²) in [7, 11) is 2.79. The number of anilines is 1. The highest BCUT2D eigenvalue weighted by atomic mass is 16.5. The Morgan fingerprint density at radius 3 is 2.18 bits per heavy atom. The molecule has 2 rings (SSSR count). The van der Waals surface area contributed by atoms with Crippen LogP contribution in [0.3, 0.4) is 0 Å². The van der Waals surface area contributed by atoms with Crippen molar-refractivity contribution in [3.63, 3.8) is 0 Å². The summed E-state index contributed by atoms with van der Waals surface area (Å²) in [5, 5.41) is 12.4. The predicted molar refractivity (Wildman–Crippen MR) is 80.4 cm³/mol. The normalized spacial score (nSPS) is 9.91. The highest BCUT2D eigenvalue weighted by molar-refractivity contribution is 6.05. The molecule has 6 nitrogen and oxygen atoms in total. The summed E-state index contributed by atoms with van der Waals surface area (Å²) in [5.74, 6) is -0.529. The number of amides is 1. The highest BCUT2D eigenvalue weighted by Crippen LogP contribution is 2.25. The molecule has 0 fully saturated rings. The van der Waals surface area contributed by atoms with Crippen molar-refractivity contribution < 1.29 is 24.2 Å². The topological polar surface area (TPSA) is 84.9 Å². The maximum absolute atomic E-state index is 12.1. The lowest BCUT2D eigenvalue weighted by Crippen LogP contribution is -2.12. The van der Waals surface area contributed by atoms with Crippen LogP contribution in [0.1, 0.15) is 20.7 Å². The van der Waals surface area contributed by atoms with Gasteiger partial charge in [0, 0.05) is 5.56 Å². The smallest absolute Gasteiger partial charge is 0.337 e. The average Bonchev–Trinajstić information content (AvgIpc) is 2.55. The fraction of sp³-hybridized carbons (Fsp3) is 0.125. The molecule has 2 N–H and O–H groups in total. The molecule has 0 radical (unpaired) electrons. The molecule has 0 atom stereocenters. The third-order valence-corrected chi connectivity index (χ3v) is 3.02. The zero-order valence-corrected chi connectivity index (χ0v) is 12.1. The number of phenolic OH excluding ortho intramolecular Hbond substituents is 1. The minimum absolute atomic E-state index is 0.197. The number of aromatic hydroxyl groups is 1. The maximum Gasteiger partial charge on any atom is 0.337 e. The molecule has 0 spiro atoms. The molecule has 1 amide bonds. The Morgan fingerprint density at radius 2 is 1.64 bits per heavy atom. The van der Waals surface area contributed by atoms with Crippen molar-refractivity contribution in [3.8, 4) is 11.5 Å². The highest BCUT2D eigenvalue weighted by Gasteiger charge is 2.12. The van der Waals surface area contributed by atoms with Crippen LogP contribution in [-0.4, -0.2) is 31.2 Å². The summed E-state index contributed by atoms with van der Waals surface area (Å²) in [4.78, 5) is 23.4. The Bertz CT molecular complexity index is 694. The molecular weight excluding hydrogens is 286 g/mol. The summed E-state index contributed by atoms with van der Waals surface area (Å²) in [6, 6.07) is 10.7. The van der Waals surface area contributed by atoms with E-state index in [1.165, 1.54) is 32.4 Å². The second-order valence-electron chi connectivity index (χ2n) is 4.41. The summed E-state index contributed by atoms with van der Waals surface area (Å²) in [6.45, 7) is 0. The Kier molecular flexibility index (Phi) is 4.63. The van der Waals surface area contributed by atoms with Crippen molar-refractivity contribution in [2.24, 2.45) is 0 Å². The Hall–Kier alpha value is -3.02. The first-order chi connectivity index (χ1) is 10.5. The lowest BCUT2D eigenvalue weighted by molar-refractivity contribution is 0.0600. The number of esters is 1. The van der Waals surface area contributed by atoms with E-state index in [-0.39, 0.29) is 22.9 Å². The van der Waals surface area contributed by atoms with Crippen LogP contribution in [-0.2, 0) is 4.74 Å². The lowest BCUT2D eigenvalue weighted by atomic mass is 10.1. The third kappa shape index (κ3) is 3.35. The molecule has 0 unspecified atom stereocenters. The van der Waals surface area contributed by atoms with Crippen LogP contribution in [0.15, 0.2) is 42.5 Å². The quantitative estimate of drug-likeness (QED) is 0.669. The molecule has 0 aliphatic heterocycles. The molecule has 0 heterocycles. The Morgan fingerprint density at radius 1 is 1.00 bits per heavy atom. The van der Waals surface area contributed by atoms with Gasteiger partial charge in [-0.3, -0.25) is 4.79 Å². The van der Waals surface area contributed by atoms with Crippen LogP contribution >= 0.6 is 0 Å². The SMILES string of the molecule is COC(=O)c1ccc(NC(=O)c2ccc(OC)cc2)c(O)c1. The van der Waals surface area contributed by atoms with Gasteiger partial charge in [0.15, 0.2) is 0 Å². The van der Waals surface area contributed by atoms with Gasteiger partial charge >= 0.3 is 5.97 Å². The van der Waals surface area contributed by atoms with Gasteiger partial charge in [-0.15, -0.1) is 0 Å². The number of carbonyl (C=O) groups excluding carboxylic acids is 2. The first-order valence-electron chi connectivity index (χ1n) is 6.42. The van der Waals surface area contributed by atoms with Gasteiger partial charge in [-0.05, 0) is 42.5 Å². The number of rotatable bonds is 4. The zero-order valence-electron chi connectivity index (χ0n) is 12.1. The average molecular weight is 301 g/mol. The number of ether oxygens (including phenoxy) is 2. The molecule has 22 heavy (non-hydrogen) atoms. The van der Waals surface area contributed by atoms with Crippen LogP contribution in [0.5, 0.6) is 11.5 Å². The van der Waals surface area contributed by atoms with Gasteiger partial charge in [-0.1, -0.05) is 0 Å². The Labute approximate surface area is 127 Å². The minimum atomic E-state index is -0.566. The van der Waals surface area contributed by atoms with E-state index in [0.717, 1.165) is 0 Å². The van der Waals surface area contributed by atoms with Crippen LogP contribution in [0.4, 0.5) is 5.69 Å². The minimum Gasteiger partial charge on any atom is -0.506 e. The van der Waals surface area contributed by atoms with Gasteiger partial charge in [0.05, 0.1) is 25.5 Å². The largest absolute Gasteiger partial charge is 0.506 e. The monoisotopic (exact) mass is 301 g/mol. The molecule has 0 aliphatic carbocycles. The van der Waals surface area contributed by atoms with E-state index < -0.39 is 5.97 Å². The number of carbonyl (C=O) groups is 2. The fourth-order valence-electron chi connectivity index (χ4n) is 1.82. The van der Waals surface area contributed by atoms with E-state index in [1.54, 1.807) is 24.3 Å². The fourth-order valence-corrected chi connectivity index (χ4v) is 1.82. The van der Waals surface area contributed by atoms with Crippen molar-refractivity contribution in [1.29, 1.82) is 0 Å². The molecule has 2 aromatic carbocycles. The molecule has 0 saturated heterocycles. The molecular formula is C16H15NO5. The van der Waals surface area contributed by atoms with Crippen molar-refractivity contribution >= 4 is 17.6 Å². The van der Waals surface area contributed by atoms with E-state index >= 15 is 0 Å². The van der Waals surface area contributed by atoms with E-state index in [1.807, 2.05) is 0 Å². The summed E-state index contributed by atoms with van der Waals surface area (Å²) in [5.41, 5.74) is 0.813. The van der Waals surface area contributed by atoms with E-state index in [9.17, 15) is 14.7 Å². The van der Waals surface area contributed by atoms with Crippen LogP contribution in [0.25, 0.3) is 0 Å². The maximum atomic E-state index is 12.1. The van der Waals surface area contributed by atoms with Gasteiger partial charge in [-0.2, -0.15) is 0 Å². The second kappa shape index (κ2) is 6.62. The van der Waals surface area contributed by atoms with E-state index in [2.05, 4.69) is 10.1 Å². The van der Waals surface area contributed by atoms with Crippen molar-refractivity contribution in [2.45, 2.75) is 0 Å². The molecule has 0 aliphatic rings. The molecule has 0 bridgehead atoms. The van der Waals surface area contributed by atoms with Crippen LogP contribution < -0.4 is 10.1 Å². The molecule has 0 aromatic heterocycles. The van der Waals surface area contributed by atoms with Crippen LogP contribution in [0, 0.1) is 0 Å².